The van der Waals surface area contributed by atoms with Gasteiger partial charge in [0.25, 0.3) is 10.0 Å². The molecule has 2 rings (SSSR count). The van der Waals surface area contributed by atoms with Gasteiger partial charge in [-0.1, -0.05) is 11.6 Å². The molecule has 13 heteroatoms. The van der Waals surface area contributed by atoms with E-state index in [1.807, 2.05) is 0 Å². The molecule has 2 aromatic carbocycles. The van der Waals surface area contributed by atoms with Gasteiger partial charge in [0.1, 0.15) is 16.5 Å². The summed E-state index contributed by atoms with van der Waals surface area (Å²) in [6.07, 6.45) is 0.498. The molecule has 0 heterocycles. The van der Waals surface area contributed by atoms with Gasteiger partial charge in [-0.05, 0) is 12.1 Å². The van der Waals surface area contributed by atoms with Gasteiger partial charge in [0, 0.05) is 11.6 Å². The van der Waals surface area contributed by atoms with Crippen LogP contribution in [0.15, 0.2) is 23.1 Å². The van der Waals surface area contributed by atoms with Crippen molar-refractivity contribution in [3.8, 4) is 11.1 Å². The molecule has 0 amide bonds. The minimum Gasteiger partial charge on any atom is -0.212 e. The number of hydrogen-bond acceptors (Lipinski definition) is 4. The van der Waals surface area contributed by atoms with Crippen molar-refractivity contribution in [1.29, 1.82) is 0 Å². The van der Waals surface area contributed by atoms with E-state index in [4.69, 9.17) is 11.6 Å². The lowest BCUT2D eigenvalue weighted by Gasteiger charge is -2.12. The van der Waals surface area contributed by atoms with E-state index < -0.39 is 70.2 Å². The summed E-state index contributed by atoms with van der Waals surface area (Å²) < 4.78 is 116. The van der Waals surface area contributed by atoms with Crippen molar-refractivity contribution in [1.82, 2.24) is 4.13 Å². The van der Waals surface area contributed by atoms with Crippen molar-refractivity contribution in [3.05, 3.63) is 52.3 Å². The van der Waals surface area contributed by atoms with Gasteiger partial charge in [-0.25, -0.2) is 38.8 Å². The van der Waals surface area contributed by atoms with E-state index in [0.29, 0.717) is 18.4 Å². The second kappa shape index (κ2) is 6.76. The molecule has 5 nitrogen and oxygen atoms in total. The minimum absolute atomic E-state index is 0.0648. The highest BCUT2D eigenvalue weighted by Gasteiger charge is 2.28. The van der Waals surface area contributed by atoms with Crippen LogP contribution in [-0.2, 0) is 20.0 Å². The van der Waals surface area contributed by atoms with Crippen molar-refractivity contribution in [3.63, 3.8) is 0 Å². The number of benzene rings is 2. The fourth-order valence-corrected chi connectivity index (χ4v) is 4.98. The van der Waals surface area contributed by atoms with Gasteiger partial charge in [0.15, 0.2) is 17.5 Å². The van der Waals surface area contributed by atoms with Crippen LogP contribution in [-0.4, -0.2) is 23.1 Å². The molecule has 0 unspecified atom stereocenters. The summed E-state index contributed by atoms with van der Waals surface area (Å²) in [5, 5.41) is -0.814. The molecule has 0 saturated heterocycles. The molecule has 0 bridgehead atoms. The highest BCUT2D eigenvalue weighted by molar-refractivity contribution is 8.04. The molecule has 26 heavy (non-hydrogen) atoms. The second-order valence-corrected chi connectivity index (χ2v) is 9.03. The normalized spacial score (nSPS) is 12.4. The Bertz CT molecular complexity index is 1120. The number of halogens is 6. The van der Waals surface area contributed by atoms with Crippen molar-refractivity contribution in [2.24, 2.45) is 0 Å². The van der Waals surface area contributed by atoms with Gasteiger partial charge in [-0.15, -0.1) is 4.13 Å². The van der Waals surface area contributed by atoms with Gasteiger partial charge in [0.05, 0.1) is 16.8 Å². The molecular weight excluding hydrogens is 429 g/mol. The molecule has 0 aliphatic carbocycles. The zero-order chi connectivity index (χ0) is 20.0. The van der Waals surface area contributed by atoms with Crippen LogP contribution >= 0.6 is 11.6 Å². The smallest absolute Gasteiger partial charge is 0.212 e. The summed E-state index contributed by atoms with van der Waals surface area (Å²) in [4.78, 5) is -1.05. The van der Waals surface area contributed by atoms with Gasteiger partial charge in [-0.3, -0.25) is 0 Å². The molecule has 1 N–H and O–H groups in total. The topological polar surface area (TPSA) is 80.3 Å². The van der Waals surface area contributed by atoms with E-state index in [1.165, 1.54) is 4.13 Å². The third-order valence-corrected chi connectivity index (χ3v) is 6.39. The summed E-state index contributed by atoms with van der Waals surface area (Å²) in [5.74, 6) is -9.29. The molecular formula is C13H7ClF5NO4S2. The summed E-state index contributed by atoms with van der Waals surface area (Å²) in [5.41, 5.74) is -2.51. The fraction of sp³-hybridized carbons (Fsp3) is 0.0769. The average Bonchev–Trinajstić information content (AvgIpc) is 2.44. The highest BCUT2D eigenvalue weighted by atomic mass is 35.5. The highest BCUT2D eigenvalue weighted by Crippen LogP contribution is 2.35. The van der Waals surface area contributed by atoms with E-state index in [2.05, 4.69) is 0 Å². The van der Waals surface area contributed by atoms with Gasteiger partial charge in [-0.2, -0.15) is 0 Å². The Labute approximate surface area is 149 Å². The lowest BCUT2D eigenvalue weighted by atomic mass is 10.0. The van der Waals surface area contributed by atoms with Crippen LogP contribution in [0.5, 0.6) is 0 Å². The molecule has 0 spiro atoms. The maximum absolute atomic E-state index is 14.1. The summed E-state index contributed by atoms with van der Waals surface area (Å²) >= 11 is 5.56. The van der Waals surface area contributed by atoms with E-state index in [-0.39, 0.29) is 6.07 Å². The first kappa shape index (κ1) is 20.6. The van der Waals surface area contributed by atoms with E-state index in [1.54, 1.807) is 0 Å². The van der Waals surface area contributed by atoms with Crippen molar-refractivity contribution < 1.29 is 38.8 Å². The Morgan fingerprint density at radius 3 is 1.96 bits per heavy atom. The van der Waals surface area contributed by atoms with Crippen LogP contribution in [0.3, 0.4) is 0 Å². The largest absolute Gasteiger partial charge is 0.255 e. The molecule has 0 fully saturated rings. The predicted molar refractivity (Wildman–Crippen MR) is 81.8 cm³/mol. The predicted octanol–water partition coefficient (Wildman–Crippen LogP) is 2.94. The Kier molecular flexibility index (Phi) is 5.34. The van der Waals surface area contributed by atoms with Crippen LogP contribution in [0.2, 0.25) is 5.02 Å². The van der Waals surface area contributed by atoms with Crippen LogP contribution in [0, 0.1) is 29.1 Å². The third kappa shape index (κ3) is 3.98. The number of rotatable bonds is 4. The molecule has 142 valence electrons. The van der Waals surface area contributed by atoms with E-state index >= 15 is 0 Å². The number of hydrogen-bond donors (Lipinski definition) is 1. The quantitative estimate of drug-likeness (QED) is 0.455. The molecule has 0 aliphatic rings. The maximum Gasteiger partial charge on any atom is 0.255 e. The molecule has 0 saturated carbocycles. The van der Waals surface area contributed by atoms with E-state index in [9.17, 15) is 38.8 Å². The van der Waals surface area contributed by atoms with Gasteiger partial charge >= 0.3 is 0 Å². The summed E-state index contributed by atoms with van der Waals surface area (Å²) in [6, 6.07) is 0.558. The molecule has 0 aliphatic heterocycles. The van der Waals surface area contributed by atoms with Crippen molar-refractivity contribution in [2.45, 2.75) is 4.90 Å². The fourth-order valence-electron chi connectivity index (χ4n) is 1.98. The molecule has 0 radical (unpaired) electrons. The first-order chi connectivity index (χ1) is 11.7. The minimum atomic E-state index is -4.89. The SMILES string of the molecule is CS(=O)(=O)NS(=O)(=O)c1cc(-c2c(F)cc(F)c(F)c2F)c(F)cc1Cl. The molecule has 0 aromatic heterocycles. The monoisotopic (exact) mass is 435 g/mol. The Hall–Kier alpha value is -1.76. The summed E-state index contributed by atoms with van der Waals surface area (Å²) in [6.45, 7) is 0. The first-order valence-corrected chi connectivity index (χ1v) is 10.1. The van der Waals surface area contributed by atoms with E-state index in [0.717, 1.165) is 0 Å². The third-order valence-electron chi connectivity index (χ3n) is 2.96. The summed E-state index contributed by atoms with van der Waals surface area (Å²) in [7, 11) is -9.20. The van der Waals surface area contributed by atoms with Gasteiger partial charge in [0.2, 0.25) is 10.0 Å². The number of nitrogens with one attached hydrogen (secondary N) is 1. The van der Waals surface area contributed by atoms with Crippen LogP contribution < -0.4 is 4.13 Å². The van der Waals surface area contributed by atoms with Crippen LogP contribution in [0.25, 0.3) is 11.1 Å². The standard InChI is InChI=1S/C13H7ClF5NO4S2/c1-25(21,22)20-26(23,24)10-2-5(7(15)3-6(10)14)11-8(16)4-9(17)12(18)13(11)19/h2-4,20H,1H3. The zero-order valence-corrected chi connectivity index (χ0v) is 14.8. The van der Waals surface area contributed by atoms with Gasteiger partial charge < -0.3 is 0 Å². The lowest BCUT2D eigenvalue weighted by Crippen LogP contribution is -2.29. The maximum atomic E-state index is 14.1. The Morgan fingerprint density at radius 1 is 0.846 bits per heavy atom. The Balaban J connectivity index is 2.81. The zero-order valence-electron chi connectivity index (χ0n) is 12.4. The first-order valence-electron chi connectivity index (χ1n) is 6.30. The average molecular weight is 436 g/mol. The van der Waals surface area contributed by atoms with Crippen LogP contribution in [0.4, 0.5) is 22.0 Å². The second-order valence-electron chi connectivity index (χ2n) is 4.96. The molecule has 0 atom stereocenters. The Morgan fingerprint density at radius 2 is 1.42 bits per heavy atom. The van der Waals surface area contributed by atoms with Crippen LogP contribution in [0.1, 0.15) is 0 Å². The lowest BCUT2D eigenvalue weighted by molar-refractivity contribution is 0.436. The van der Waals surface area contributed by atoms with Crippen molar-refractivity contribution >= 4 is 31.6 Å². The number of sulfonamides is 2. The molecule has 2 aromatic rings. The van der Waals surface area contributed by atoms with Crippen molar-refractivity contribution in [2.75, 3.05) is 6.26 Å².